The van der Waals surface area contributed by atoms with E-state index in [1.165, 1.54) is 5.56 Å². The molecule has 0 aliphatic carbocycles. The van der Waals surface area contributed by atoms with Crippen molar-refractivity contribution in [3.63, 3.8) is 0 Å². The molecule has 0 unspecified atom stereocenters. The summed E-state index contributed by atoms with van der Waals surface area (Å²) in [6, 6.07) is 19.9. The fourth-order valence-corrected chi connectivity index (χ4v) is 2.90. The number of ether oxygens (including phenoxy) is 1. The van der Waals surface area contributed by atoms with Crippen molar-refractivity contribution in [1.29, 1.82) is 0 Å². The first kappa shape index (κ1) is 21.7. The summed E-state index contributed by atoms with van der Waals surface area (Å²) in [7, 11) is 0. The highest BCUT2D eigenvalue weighted by molar-refractivity contribution is 5.68. The summed E-state index contributed by atoms with van der Waals surface area (Å²) in [5.41, 5.74) is 1.74. The van der Waals surface area contributed by atoms with Crippen LogP contribution < -0.4 is 5.32 Å². The van der Waals surface area contributed by atoms with Crippen LogP contribution >= 0.6 is 0 Å². The normalized spacial score (nSPS) is 13.9. The maximum absolute atomic E-state index is 12.2. The highest BCUT2D eigenvalue weighted by Gasteiger charge is 2.19. The predicted molar refractivity (Wildman–Crippen MR) is 113 cm³/mol. The third-order valence-corrected chi connectivity index (χ3v) is 4.19. The van der Waals surface area contributed by atoms with Gasteiger partial charge in [-0.15, -0.1) is 0 Å². The Balaban J connectivity index is 2.07. The zero-order chi connectivity index (χ0) is 20.4. The third-order valence-electron chi connectivity index (χ3n) is 4.19. The minimum absolute atomic E-state index is 0.0129. The van der Waals surface area contributed by atoms with Gasteiger partial charge in [0.25, 0.3) is 0 Å². The van der Waals surface area contributed by atoms with Gasteiger partial charge in [-0.1, -0.05) is 72.8 Å². The molecule has 4 heteroatoms. The number of amides is 1. The minimum atomic E-state index is -0.550. The fourth-order valence-electron chi connectivity index (χ4n) is 2.90. The predicted octanol–water partition coefficient (Wildman–Crippen LogP) is 4.53. The lowest BCUT2D eigenvalue weighted by Crippen LogP contribution is -2.39. The summed E-state index contributed by atoms with van der Waals surface area (Å²) >= 11 is 0. The van der Waals surface area contributed by atoms with Gasteiger partial charge in [-0.2, -0.15) is 0 Å². The van der Waals surface area contributed by atoms with E-state index in [0.29, 0.717) is 6.42 Å². The van der Waals surface area contributed by atoms with Gasteiger partial charge in [0.05, 0.1) is 6.04 Å². The molecule has 0 radical (unpaired) electrons. The Hall–Kier alpha value is -2.59. The average molecular weight is 382 g/mol. The van der Waals surface area contributed by atoms with Gasteiger partial charge in [0, 0.05) is 12.5 Å². The lowest BCUT2D eigenvalue weighted by atomic mass is 9.97. The molecular weight excluding hydrogens is 350 g/mol. The summed E-state index contributed by atoms with van der Waals surface area (Å²) < 4.78 is 5.40. The monoisotopic (exact) mass is 381 g/mol. The van der Waals surface area contributed by atoms with Crippen molar-refractivity contribution in [1.82, 2.24) is 5.32 Å². The van der Waals surface area contributed by atoms with E-state index < -0.39 is 11.7 Å². The molecule has 0 saturated carbocycles. The van der Waals surface area contributed by atoms with Crippen molar-refractivity contribution in [2.45, 2.75) is 45.3 Å². The highest BCUT2D eigenvalue weighted by Crippen LogP contribution is 2.13. The van der Waals surface area contributed by atoms with Crippen LogP contribution in [0.1, 0.15) is 31.9 Å². The number of benzene rings is 2. The first-order valence-corrected chi connectivity index (χ1v) is 9.72. The van der Waals surface area contributed by atoms with Gasteiger partial charge in [0.15, 0.2) is 0 Å². The highest BCUT2D eigenvalue weighted by atomic mass is 16.6. The molecule has 0 aliphatic rings. The molecule has 4 nitrogen and oxygen atoms in total. The molecule has 0 heterocycles. The molecule has 2 atom stereocenters. The van der Waals surface area contributed by atoms with Crippen molar-refractivity contribution in [2.24, 2.45) is 5.92 Å². The van der Waals surface area contributed by atoms with E-state index in [9.17, 15) is 9.90 Å². The largest absolute Gasteiger partial charge is 0.444 e. The third kappa shape index (κ3) is 8.40. The van der Waals surface area contributed by atoms with E-state index in [4.69, 9.17) is 4.74 Å². The molecule has 0 aromatic heterocycles. The number of aliphatic hydroxyl groups is 1. The van der Waals surface area contributed by atoms with E-state index in [0.717, 1.165) is 12.0 Å². The number of carbonyl (C=O) groups excluding carboxylic acids is 1. The van der Waals surface area contributed by atoms with Crippen LogP contribution in [-0.4, -0.2) is 29.4 Å². The summed E-state index contributed by atoms with van der Waals surface area (Å²) in [6.45, 7) is 5.58. The quantitative estimate of drug-likeness (QED) is 0.661. The van der Waals surface area contributed by atoms with E-state index >= 15 is 0 Å². The molecule has 28 heavy (non-hydrogen) atoms. The summed E-state index contributed by atoms with van der Waals surface area (Å²) in [4.78, 5) is 12.2. The minimum Gasteiger partial charge on any atom is -0.444 e. The van der Waals surface area contributed by atoms with Crippen LogP contribution in [-0.2, 0) is 17.6 Å². The Kier molecular flexibility index (Phi) is 8.27. The Bertz CT molecular complexity index is 735. The van der Waals surface area contributed by atoms with Crippen LogP contribution in [0.5, 0.6) is 0 Å². The molecule has 150 valence electrons. The number of hydrogen-bond donors (Lipinski definition) is 2. The van der Waals surface area contributed by atoms with E-state index in [1.54, 1.807) is 0 Å². The first-order valence-electron chi connectivity index (χ1n) is 9.72. The maximum atomic E-state index is 12.2. The number of alkyl carbamates (subject to hydrolysis) is 1. The Morgan fingerprint density at radius 3 is 2.00 bits per heavy atom. The van der Waals surface area contributed by atoms with Gasteiger partial charge in [0.1, 0.15) is 5.60 Å². The molecule has 0 spiro atoms. The van der Waals surface area contributed by atoms with E-state index in [2.05, 4.69) is 17.4 Å². The van der Waals surface area contributed by atoms with Crippen molar-refractivity contribution < 1.29 is 14.6 Å². The molecular formula is C24H31NO3. The summed E-state index contributed by atoms with van der Waals surface area (Å²) in [5.74, 6) is -0.0129. The second-order valence-electron chi connectivity index (χ2n) is 7.96. The van der Waals surface area contributed by atoms with Gasteiger partial charge < -0.3 is 15.2 Å². The zero-order valence-corrected chi connectivity index (χ0v) is 17.0. The lowest BCUT2D eigenvalue weighted by molar-refractivity contribution is 0.0514. The van der Waals surface area contributed by atoms with Gasteiger partial charge in [-0.05, 0) is 44.7 Å². The summed E-state index contributed by atoms with van der Waals surface area (Å²) in [6.07, 6.45) is 4.90. The van der Waals surface area contributed by atoms with Gasteiger partial charge >= 0.3 is 6.09 Å². The standard InChI is InChI=1S/C24H31NO3/c1-24(2,3)28-23(27)25-22(17-20-12-8-5-9-13-20)15-14-21(18-26)16-19-10-6-4-7-11-19/h4-15,21-22,26H,16-18H2,1-3H3,(H,25,27)/b15-14-/t21-,22+/m0/s1. The van der Waals surface area contributed by atoms with Gasteiger partial charge in [-0.25, -0.2) is 4.79 Å². The molecule has 2 aromatic carbocycles. The Labute approximate surface area is 168 Å². The average Bonchev–Trinajstić information content (AvgIpc) is 2.65. The molecule has 0 aliphatic heterocycles. The fraction of sp³-hybridized carbons (Fsp3) is 0.375. The van der Waals surface area contributed by atoms with Crippen LogP contribution in [0.15, 0.2) is 72.8 Å². The first-order chi connectivity index (χ1) is 13.4. The molecule has 2 N–H and O–H groups in total. The van der Waals surface area contributed by atoms with Crippen LogP contribution in [0, 0.1) is 5.92 Å². The SMILES string of the molecule is CC(C)(C)OC(=O)N[C@H](/C=C\[C@H](CO)Cc1ccccc1)Cc1ccccc1. The van der Waals surface area contributed by atoms with Crippen molar-refractivity contribution in [3.8, 4) is 0 Å². The molecule has 0 saturated heterocycles. The van der Waals surface area contributed by atoms with Crippen LogP contribution in [0.3, 0.4) is 0 Å². The van der Waals surface area contributed by atoms with Crippen LogP contribution in [0.4, 0.5) is 4.79 Å². The van der Waals surface area contributed by atoms with Crippen molar-refractivity contribution >= 4 is 6.09 Å². The lowest BCUT2D eigenvalue weighted by Gasteiger charge is -2.22. The smallest absolute Gasteiger partial charge is 0.408 e. The van der Waals surface area contributed by atoms with Gasteiger partial charge in [-0.3, -0.25) is 0 Å². The molecule has 0 fully saturated rings. The molecule has 2 aromatic rings. The molecule has 1 amide bonds. The number of carbonyl (C=O) groups is 1. The Morgan fingerprint density at radius 2 is 1.50 bits per heavy atom. The molecule has 2 rings (SSSR count). The zero-order valence-electron chi connectivity index (χ0n) is 17.0. The number of rotatable bonds is 8. The van der Waals surface area contributed by atoms with E-state index in [1.807, 2.05) is 81.5 Å². The Morgan fingerprint density at radius 1 is 0.964 bits per heavy atom. The molecule has 0 bridgehead atoms. The number of aliphatic hydroxyl groups excluding tert-OH is 1. The van der Waals surface area contributed by atoms with Crippen LogP contribution in [0.25, 0.3) is 0 Å². The number of hydrogen-bond acceptors (Lipinski definition) is 3. The van der Waals surface area contributed by atoms with Crippen LogP contribution in [0.2, 0.25) is 0 Å². The van der Waals surface area contributed by atoms with E-state index in [-0.39, 0.29) is 18.6 Å². The second kappa shape index (κ2) is 10.7. The van der Waals surface area contributed by atoms with Gasteiger partial charge in [0.2, 0.25) is 0 Å². The number of nitrogens with one attached hydrogen (secondary N) is 1. The maximum Gasteiger partial charge on any atom is 0.408 e. The topological polar surface area (TPSA) is 58.6 Å². The van der Waals surface area contributed by atoms with Crippen molar-refractivity contribution in [3.05, 3.63) is 83.9 Å². The second-order valence-corrected chi connectivity index (χ2v) is 7.96. The summed E-state index contributed by atoms with van der Waals surface area (Å²) in [5, 5.41) is 12.7. The van der Waals surface area contributed by atoms with Crippen molar-refractivity contribution in [2.75, 3.05) is 6.61 Å².